The molecule has 0 unspecified atom stereocenters. The number of aromatic nitrogens is 2. The predicted octanol–water partition coefficient (Wildman–Crippen LogP) is 1.85. The molecule has 0 aliphatic rings. The zero-order valence-electron chi connectivity index (χ0n) is 7.80. The second-order valence-electron chi connectivity index (χ2n) is 3.04. The van der Waals surface area contributed by atoms with E-state index in [1.807, 2.05) is 4.98 Å². The first-order chi connectivity index (χ1) is 7.58. The average molecular weight is 226 g/mol. The summed E-state index contributed by atoms with van der Waals surface area (Å²) in [4.78, 5) is 16.0. The SMILES string of the molecule is O=c1ncc(F)c(-c2ccc(F)cc2F)[nH]1. The van der Waals surface area contributed by atoms with Crippen LogP contribution in [-0.2, 0) is 0 Å². The normalized spacial score (nSPS) is 10.4. The van der Waals surface area contributed by atoms with Crippen LogP contribution >= 0.6 is 0 Å². The van der Waals surface area contributed by atoms with Gasteiger partial charge in [0.1, 0.15) is 11.6 Å². The summed E-state index contributed by atoms with van der Waals surface area (Å²) in [5.74, 6) is -2.62. The third kappa shape index (κ3) is 1.81. The Morgan fingerprint density at radius 3 is 2.56 bits per heavy atom. The lowest BCUT2D eigenvalue weighted by atomic mass is 10.1. The van der Waals surface area contributed by atoms with Crippen LogP contribution in [0.2, 0.25) is 0 Å². The summed E-state index contributed by atoms with van der Waals surface area (Å²) in [6, 6.07) is 2.61. The molecule has 0 saturated heterocycles. The summed E-state index contributed by atoms with van der Waals surface area (Å²) in [5, 5.41) is 0. The molecule has 16 heavy (non-hydrogen) atoms. The predicted molar refractivity (Wildman–Crippen MR) is 50.2 cm³/mol. The number of aromatic amines is 1. The number of rotatable bonds is 1. The van der Waals surface area contributed by atoms with E-state index < -0.39 is 23.1 Å². The molecule has 0 amide bonds. The molecule has 0 fully saturated rings. The van der Waals surface area contributed by atoms with Crippen molar-refractivity contribution in [2.24, 2.45) is 0 Å². The van der Waals surface area contributed by atoms with Crippen molar-refractivity contribution in [1.82, 2.24) is 9.97 Å². The first-order valence-electron chi connectivity index (χ1n) is 4.28. The van der Waals surface area contributed by atoms with Gasteiger partial charge in [0.25, 0.3) is 0 Å². The lowest BCUT2D eigenvalue weighted by Gasteiger charge is -2.03. The molecule has 0 aliphatic heterocycles. The van der Waals surface area contributed by atoms with E-state index in [1.54, 1.807) is 0 Å². The highest BCUT2D eigenvalue weighted by atomic mass is 19.1. The fourth-order valence-electron chi connectivity index (χ4n) is 1.27. The van der Waals surface area contributed by atoms with Crippen molar-refractivity contribution in [3.63, 3.8) is 0 Å². The van der Waals surface area contributed by atoms with E-state index >= 15 is 0 Å². The van der Waals surface area contributed by atoms with Gasteiger partial charge in [0.2, 0.25) is 0 Å². The number of hydrogen-bond donors (Lipinski definition) is 1. The molecule has 1 heterocycles. The van der Waals surface area contributed by atoms with Gasteiger partial charge in [-0.2, -0.15) is 4.98 Å². The van der Waals surface area contributed by atoms with Gasteiger partial charge in [-0.1, -0.05) is 0 Å². The molecule has 0 aliphatic carbocycles. The lowest BCUT2D eigenvalue weighted by molar-refractivity contribution is 0.580. The van der Waals surface area contributed by atoms with Gasteiger partial charge in [-0.25, -0.2) is 18.0 Å². The first-order valence-corrected chi connectivity index (χ1v) is 4.28. The minimum Gasteiger partial charge on any atom is -0.303 e. The molecule has 0 radical (unpaired) electrons. The van der Waals surface area contributed by atoms with E-state index in [0.29, 0.717) is 12.3 Å². The molecule has 3 nitrogen and oxygen atoms in total. The van der Waals surface area contributed by atoms with Crippen LogP contribution < -0.4 is 5.69 Å². The van der Waals surface area contributed by atoms with Crippen molar-refractivity contribution < 1.29 is 13.2 Å². The van der Waals surface area contributed by atoms with Crippen LogP contribution in [0.1, 0.15) is 0 Å². The van der Waals surface area contributed by atoms with Gasteiger partial charge in [0.15, 0.2) is 5.82 Å². The number of nitrogens with one attached hydrogen (secondary N) is 1. The Labute approximate surface area is 87.6 Å². The molecule has 0 bridgehead atoms. The third-order valence-corrected chi connectivity index (χ3v) is 1.97. The van der Waals surface area contributed by atoms with Crippen LogP contribution in [-0.4, -0.2) is 9.97 Å². The fourth-order valence-corrected chi connectivity index (χ4v) is 1.27. The lowest BCUT2D eigenvalue weighted by Crippen LogP contribution is -2.12. The Morgan fingerprint density at radius 2 is 1.88 bits per heavy atom. The van der Waals surface area contributed by atoms with Gasteiger partial charge in [0, 0.05) is 11.6 Å². The summed E-state index contributed by atoms with van der Waals surface area (Å²) >= 11 is 0. The number of hydrogen-bond acceptors (Lipinski definition) is 2. The number of nitrogens with zero attached hydrogens (tertiary/aromatic N) is 1. The second kappa shape index (κ2) is 3.80. The molecule has 2 aromatic rings. The van der Waals surface area contributed by atoms with E-state index in [2.05, 4.69) is 4.98 Å². The van der Waals surface area contributed by atoms with E-state index in [0.717, 1.165) is 12.1 Å². The van der Waals surface area contributed by atoms with Crippen LogP contribution in [0, 0.1) is 17.5 Å². The largest absolute Gasteiger partial charge is 0.345 e. The molecular weight excluding hydrogens is 221 g/mol. The quantitative estimate of drug-likeness (QED) is 0.806. The van der Waals surface area contributed by atoms with Gasteiger partial charge in [-0.05, 0) is 12.1 Å². The van der Waals surface area contributed by atoms with Gasteiger partial charge >= 0.3 is 5.69 Å². The number of halogens is 3. The summed E-state index contributed by atoms with van der Waals surface area (Å²) in [6.07, 6.45) is 0.678. The van der Waals surface area contributed by atoms with Crippen molar-refractivity contribution in [1.29, 1.82) is 0 Å². The van der Waals surface area contributed by atoms with Gasteiger partial charge < -0.3 is 4.98 Å². The molecule has 0 spiro atoms. The van der Waals surface area contributed by atoms with Gasteiger partial charge in [-0.3, -0.25) is 0 Å². The van der Waals surface area contributed by atoms with Crippen LogP contribution in [0.25, 0.3) is 11.3 Å². The minimum absolute atomic E-state index is 0.224. The Morgan fingerprint density at radius 1 is 1.12 bits per heavy atom. The standard InChI is InChI=1S/C10H5F3N2O/c11-5-1-2-6(7(12)3-5)9-8(13)4-14-10(16)15-9/h1-4H,(H,14,15,16). The van der Waals surface area contributed by atoms with Crippen molar-refractivity contribution in [3.05, 3.63) is 52.3 Å². The molecule has 1 aromatic carbocycles. The van der Waals surface area contributed by atoms with Crippen molar-refractivity contribution >= 4 is 0 Å². The van der Waals surface area contributed by atoms with E-state index in [9.17, 15) is 18.0 Å². The van der Waals surface area contributed by atoms with Crippen molar-refractivity contribution in [3.8, 4) is 11.3 Å². The monoisotopic (exact) mass is 226 g/mol. The topological polar surface area (TPSA) is 45.8 Å². The Balaban J connectivity index is 2.67. The summed E-state index contributed by atoms with van der Waals surface area (Å²) in [6.45, 7) is 0. The van der Waals surface area contributed by atoms with Crippen molar-refractivity contribution in [2.75, 3.05) is 0 Å². The van der Waals surface area contributed by atoms with Crippen LogP contribution in [0.3, 0.4) is 0 Å². The maximum Gasteiger partial charge on any atom is 0.345 e. The average Bonchev–Trinajstić information content (AvgIpc) is 2.22. The molecular formula is C10H5F3N2O. The third-order valence-electron chi connectivity index (χ3n) is 1.97. The summed E-state index contributed by atoms with van der Waals surface area (Å²) in [7, 11) is 0. The maximum absolute atomic E-state index is 13.3. The molecule has 0 saturated carbocycles. The fraction of sp³-hybridized carbons (Fsp3) is 0. The molecule has 1 aromatic heterocycles. The highest BCUT2D eigenvalue weighted by Crippen LogP contribution is 2.22. The molecule has 1 N–H and O–H groups in total. The zero-order valence-corrected chi connectivity index (χ0v) is 7.80. The van der Waals surface area contributed by atoms with E-state index in [-0.39, 0.29) is 11.3 Å². The maximum atomic E-state index is 13.3. The molecule has 0 atom stereocenters. The highest BCUT2D eigenvalue weighted by molar-refractivity contribution is 5.59. The number of H-pyrrole nitrogens is 1. The Hall–Kier alpha value is -2.11. The Kier molecular flexibility index (Phi) is 2.47. The van der Waals surface area contributed by atoms with Gasteiger partial charge in [0.05, 0.1) is 11.9 Å². The molecule has 82 valence electrons. The van der Waals surface area contributed by atoms with E-state index in [4.69, 9.17) is 0 Å². The summed E-state index contributed by atoms with van der Waals surface area (Å²) in [5.41, 5.74) is -1.38. The Bertz CT molecular complexity index is 595. The first kappa shape index (κ1) is 10.4. The zero-order chi connectivity index (χ0) is 11.7. The molecule has 2 rings (SSSR count). The highest BCUT2D eigenvalue weighted by Gasteiger charge is 2.12. The van der Waals surface area contributed by atoms with Crippen LogP contribution in [0.15, 0.2) is 29.2 Å². The minimum atomic E-state index is -0.958. The number of benzene rings is 1. The smallest absolute Gasteiger partial charge is 0.303 e. The molecule has 6 heteroatoms. The summed E-state index contributed by atoms with van der Waals surface area (Å²) < 4.78 is 39.2. The van der Waals surface area contributed by atoms with E-state index in [1.165, 1.54) is 0 Å². The van der Waals surface area contributed by atoms with Crippen LogP contribution in [0.4, 0.5) is 13.2 Å². The van der Waals surface area contributed by atoms with Crippen molar-refractivity contribution in [2.45, 2.75) is 0 Å². The van der Waals surface area contributed by atoms with Crippen LogP contribution in [0.5, 0.6) is 0 Å². The van der Waals surface area contributed by atoms with Gasteiger partial charge in [-0.15, -0.1) is 0 Å². The second-order valence-corrected chi connectivity index (χ2v) is 3.04.